The number of hydrogen-bond acceptors (Lipinski definition) is 3. The Kier molecular flexibility index (Phi) is 5.26. The Morgan fingerprint density at radius 3 is 2.75 bits per heavy atom. The highest BCUT2D eigenvalue weighted by Gasteiger charge is 2.28. The highest BCUT2D eigenvalue weighted by Crippen LogP contribution is 2.29. The van der Waals surface area contributed by atoms with Crippen LogP contribution in [0.1, 0.15) is 46.5 Å². The molecule has 1 aliphatic rings. The van der Waals surface area contributed by atoms with Crippen LogP contribution in [0.25, 0.3) is 0 Å². The lowest BCUT2D eigenvalue weighted by molar-refractivity contribution is -0.141. The molecule has 0 amide bonds. The number of nitrogens with one attached hydrogen (secondary N) is 1. The fourth-order valence-electron chi connectivity index (χ4n) is 2.57. The molecule has 0 heterocycles. The summed E-state index contributed by atoms with van der Waals surface area (Å²) in [4.78, 5) is 11.1. The van der Waals surface area contributed by atoms with E-state index in [1.165, 1.54) is 26.4 Å². The molecule has 94 valence electrons. The molecule has 3 heteroatoms. The highest BCUT2D eigenvalue weighted by atomic mass is 16.5. The third kappa shape index (κ3) is 3.78. The van der Waals surface area contributed by atoms with Gasteiger partial charge < -0.3 is 10.1 Å². The van der Waals surface area contributed by atoms with Crippen LogP contribution in [-0.2, 0) is 9.53 Å². The number of carbonyl (C=O) groups is 1. The van der Waals surface area contributed by atoms with Crippen LogP contribution in [0.4, 0.5) is 0 Å². The van der Waals surface area contributed by atoms with Crippen molar-refractivity contribution in [2.24, 2.45) is 11.8 Å². The highest BCUT2D eigenvalue weighted by molar-refractivity contribution is 5.69. The van der Waals surface area contributed by atoms with Gasteiger partial charge in [0.15, 0.2) is 0 Å². The molecule has 0 spiro atoms. The molecule has 0 aliphatic heterocycles. The lowest BCUT2D eigenvalue weighted by Gasteiger charge is -2.36. The fraction of sp³-hybridized carbons (Fsp3) is 0.923. The van der Waals surface area contributed by atoms with Crippen molar-refractivity contribution in [3.05, 3.63) is 0 Å². The maximum atomic E-state index is 11.1. The predicted octanol–water partition coefficient (Wildman–Crippen LogP) is 2.35. The zero-order chi connectivity index (χ0) is 12.1. The summed E-state index contributed by atoms with van der Waals surface area (Å²) >= 11 is 0. The van der Waals surface area contributed by atoms with E-state index < -0.39 is 0 Å². The summed E-state index contributed by atoms with van der Waals surface area (Å²) in [7, 11) is 1.44. The van der Waals surface area contributed by atoms with E-state index in [-0.39, 0.29) is 12.0 Å². The Balaban J connectivity index is 2.37. The summed E-state index contributed by atoms with van der Waals surface area (Å²) in [6.45, 7) is 6.69. The Morgan fingerprint density at radius 2 is 2.12 bits per heavy atom. The van der Waals surface area contributed by atoms with E-state index in [1.807, 2.05) is 0 Å². The number of methoxy groups -OCH3 is 1. The van der Waals surface area contributed by atoms with Gasteiger partial charge in [0.1, 0.15) is 0 Å². The molecule has 16 heavy (non-hydrogen) atoms. The van der Waals surface area contributed by atoms with Crippen molar-refractivity contribution in [3.63, 3.8) is 0 Å². The molecule has 0 saturated heterocycles. The molecule has 1 rings (SSSR count). The molecule has 0 aromatic carbocycles. The van der Waals surface area contributed by atoms with E-state index >= 15 is 0 Å². The molecule has 1 aliphatic carbocycles. The molecule has 4 unspecified atom stereocenters. The monoisotopic (exact) mass is 227 g/mol. The van der Waals surface area contributed by atoms with E-state index in [2.05, 4.69) is 30.8 Å². The Bertz CT molecular complexity index is 230. The second-order valence-electron chi connectivity index (χ2n) is 5.22. The third-order valence-electron chi connectivity index (χ3n) is 3.91. The average molecular weight is 227 g/mol. The van der Waals surface area contributed by atoms with Crippen LogP contribution >= 0.6 is 0 Å². The van der Waals surface area contributed by atoms with Gasteiger partial charge in [-0.15, -0.1) is 0 Å². The van der Waals surface area contributed by atoms with E-state index in [1.54, 1.807) is 0 Å². The van der Waals surface area contributed by atoms with Gasteiger partial charge in [-0.3, -0.25) is 4.79 Å². The van der Waals surface area contributed by atoms with Crippen LogP contribution < -0.4 is 5.32 Å². The molecule has 4 atom stereocenters. The van der Waals surface area contributed by atoms with Gasteiger partial charge >= 0.3 is 5.97 Å². The van der Waals surface area contributed by atoms with Crippen LogP contribution in [-0.4, -0.2) is 25.2 Å². The molecule has 0 aromatic heterocycles. The van der Waals surface area contributed by atoms with Crippen molar-refractivity contribution in [1.82, 2.24) is 5.32 Å². The normalized spacial score (nSPS) is 32.1. The third-order valence-corrected chi connectivity index (χ3v) is 3.91. The summed E-state index contributed by atoms with van der Waals surface area (Å²) < 4.78 is 4.68. The molecule has 1 fully saturated rings. The van der Waals surface area contributed by atoms with Crippen molar-refractivity contribution in [3.8, 4) is 0 Å². The van der Waals surface area contributed by atoms with Gasteiger partial charge in [-0.25, -0.2) is 0 Å². The van der Waals surface area contributed by atoms with Crippen LogP contribution in [0.15, 0.2) is 0 Å². The smallest absolute Gasteiger partial charge is 0.307 e. The lowest BCUT2D eigenvalue weighted by Crippen LogP contribution is -2.45. The Labute approximate surface area is 98.9 Å². The minimum Gasteiger partial charge on any atom is -0.469 e. The molecule has 0 bridgehead atoms. The summed E-state index contributed by atoms with van der Waals surface area (Å²) in [6.07, 6.45) is 4.34. The molecular formula is C13H25NO2. The first-order valence-corrected chi connectivity index (χ1v) is 6.37. The van der Waals surface area contributed by atoms with Crippen LogP contribution in [0.5, 0.6) is 0 Å². The number of ether oxygens (including phenoxy) is 1. The first-order valence-electron chi connectivity index (χ1n) is 6.37. The maximum absolute atomic E-state index is 11.1. The zero-order valence-corrected chi connectivity index (χ0v) is 11.0. The molecule has 0 radical (unpaired) electrons. The molecular weight excluding hydrogens is 202 g/mol. The van der Waals surface area contributed by atoms with Gasteiger partial charge in [-0.05, 0) is 25.2 Å². The van der Waals surface area contributed by atoms with Crippen molar-refractivity contribution >= 4 is 5.97 Å². The van der Waals surface area contributed by atoms with Gasteiger partial charge in [0.05, 0.1) is 13.5 Å². The van der Waals surface area contributed by atoms with Crippen molar-refractivity contribution in [2.75, 3.05) is 7.11 Å². The Hall–Kier alpha value is -0.570. The zero-order valence-electron chi connectivity index (χ0n) is 11.0. The number of rotatable bonds is 4. The van der Waals surface area contributed by atoms with Gasteiger partial charge in [0, 0.05) is 12.1 Å². The van der Waals surface area contributed by atoms with E-state index in [0.29, 0.717) is 18.4 Å². The minimum atomic E-state index is -0.128. The number of carbonyl (C=O) groups excluding carboxylic acids is 1. The van der Waals surface area contributed by atoms with Gasteiger partial charge in [0.2, 0.25) is 0 Å². The molecule has 3 nitrogen and oxygen atoms in total. The SMILES string of the molecule is COC(=O)CC(C)NC1CCCC(C)C1C. The fourth-order valence-corrected chi connectivity index (χ4v) is 2.57. The van der Waals surface area contributed by atoms with Crippen molar-refractivity contribution in [1.29, 1.82) is 0 Å². The Morgan fingerprint density at radius 1 is 1.44 bits per heavy atom. The van der Waals surface area contributed by atoms with E-state index in [0.717, 1.165) is 5.92 Å². The average Bonchev–Trinajstić information content (AvgIpc) is 2.24. The topological polar surface area (TPSA) is 38.3 Å². The summed E-state index contributed by atoms with van der Waals surface area (Å²) in [5.74, 6) is 1.36. The summed E-state index contributed by atoms with van der Waals surface area (Å²) in [5.41, 5.74) is 0. The first-order chi connectivity index (χ1) is 7.54. The second kappa shape index (κ2) is 6.24. The van der Waals surface area contributed by atoms with Gasteiger partial charge in [-0.2, -0.15) is 0 Å². The minimum absolute atomic E-state index is 0.128. The molecule has 1 N–H and O–H groups in total. The van der Waals surface area contributed by atoms with Crippen molar-refractivity contribution < 1.29 is 9.53 Å². The van der Waals surface area contributed by atoms with E-state index in [9.17, 15) is 4.79 Å². The van der Waals surface area contributed by atoms with Gasteiger partial charge in [-0.1, -0.05) is 26.7 Å². The first kappa shape index (κ1) is 13.5. The maximum Gasteiger partial charge on any atom is 0.307 e. The lowest BCUT2D eigenvalue weighted by atomic mass is 9.78. The van der Waals surface area contributed by atoms with Crippen molar-refractivity contribution in [2.45, 2.75) is 58.5 Å². The quantitative estimate of drug-likeness (QED) is 0.749. The number of hydrogen-bond donors (Lipinski definition) is 1. The molecule has 1 saturated carbocycles. The largest absolute Gasteiger partial charge is 0.469 e. The molecule has 0 aromatic rings. The number of esters is 1. The van der Waals surface area contributed by atoms with Gasteiger partial charge in [0.25, 0.3) is 0 Å². The summed E-state index contributed by atoms with van der Waals surface area (Å²) in [6, 6.07) is 0.772. The van der Waals surface area contributed by atoms with Crippen LogP contribution in [0.3, 0.4) is 0 Å². The van der Waals surface area contributed by atoms with E-state index in [4.69, 9.17) is 0 Å². The second-order valence-corrected chi connectivity index (χ2v) is 5.22. The standard InChI is InChI=1S/C13H25NO2/c1-9-6-5-7-12(11(9)3)14-10(2)8-13(15)16-4/h9-12,14H,5-8H2,1-4H3. The predicted molar refractivity (Wildman–Crippen MR) is 65.2 cm³/mol. The van der Waals surface area contributed by atoms with Crippen LogP contribution in [0, 0.1) is 11.8 Å². The van der Waals surface area contributed by atoms with Crippen LogP contribution in [0.2, 0.25) is 0 Å². The summed E-state index contributed by atoms with van der Waals surface area (Å²) in [5, 5.41) is 3.56.